The van der Waals surface area contributed by atoms with Gasteiger partial charge in [-0.25, -0.2) is 0 Å². The van der Waals surface area contributed by atoms with E-state index >= 15 is 0 Å². The molecular formula is C11H14BrF3N2. The van der Waals surface area contributed by atoms with Gasteiger partial charge in [-0.05, 0) is 24.6 Å². The third-order valence-electron chi connectivity index (χ3n) is 2.33. The Balaban J connectivity index is 2.90. The molecule has 6 heteroatoms. The summed E-state index contributed by atoms with van der Waals surface area (Å²) in [7, 11) is 1.40. The van der Waals surface area contributed by atoms with Crippen LogP contribution < -0.4 is 10.6 Å². The molecule has 1 aromatic rings. The molecule has 0 aliphatic rings. The quantitative estimate of drug-likeness (QED) is 0.926. The van der Waals surface area contributed by atoms with Crippen LogP contribution in [0.4, 0.5) is 18.9 Å². The number of hydrogen-bond acceptors (Lipinski definition) is 2. The third-order valence-corrected chi connectivity index (χ3v) is 3.02. The van der Waals surface area contributed by atoms with Crippen molar-refractivity contribution in [1.82, 2.24) is 0 Å². The molecule has 0 amide bonds. The van der Waals surface area contributed by atoms with Crippen molar-refractivity contribution in [3.63, 3.8) is 0 Å². The highest BCUT2D eigenvalue weighted by molar-refractivity contribution is 9.10. The normalized spacial score (nSPS) is 13.6. The van der Waals surface area contributed by atoms with Gasteiger partial charge in [0.05, 0.1) is 0 Å². The largest absolute Gasteiger partial charge is 0.405 e. The summed E-state index contributed by atoms with van der Waals surface area (Å²) in [6.07, 6.45) is -4.21. The van der Waals surface area contributed by atoms with Crippen LogP contribution in [-0.4, -0.2) is 19.8 Å². The van der Waals surface area contributed by atoms with Gasteiger partial charge < -0.3 is 10.6 Å². The fourth-order valence-electron chi connectivity index (χ4n) is 1.48. The Bertz CT molecular complexity index is 391. The van der Waals surface area contributed by atoms with Gasteiger partial charge in [0.25, 0.3) is 0 Å². The number of nitrogens with two attached hydrogens (primary N) is 1. The summed E-state index contributed by atoms with van der Waals surface area (Å²) in [5, 5.41) is 0. The van der Waals surface area contributed by atoms with Crippen LogP contribution >= 0.6 is 15.9 Å². The fourth-order valence-corrected chi connectivity index (χ4v) is 2.21. The molecular weight excluding hydrogens is 297 g/mol. The molecule has 0 aromatic heterocycles. The number of rotatable bonds is 3. The van der Waals surface area contributed by atoms with Crippen molar-refractivity contribution in [2.45, 2.75) is 19.1 Å². The van der Waals surface area contributed by atoms with Gasteiger partial charge in [0.1, 0.15) is 6.54 Å². The van der Waals surface area contributed by atoms with E-state index in [4.69, 9.17) is 5.73 Å². The van der Waals surface area contributed by atoms with Crippen LogP contribution in [0.15, 0.2) is 22.7 Å². The lowest BCUT2D eigenvalue weighted by atomic mass is 10.1. The summed E-state index contributed by atoms with van der Waals surface area (Å²) in [6.45, 7) is 0.843. The topological polar surface area (TPSA) is 29.3 Å². The molecule has 1 rings (SSSR count). The maximum Gasteiger partial charge on any atom is 0.405 e. The van der Waals surface area contributed by atoms with E-state index < -0.39 is 12.7 Å². The SMILES string of the molecule is CC(N)c1ccc(N(C)CC(F)(F)F)cc1Br. The zero-order chi connectivity index (χ0) is 13.2. The first-order valence-corrected chi connectivity index (χ1v) is 5.83. The van der Waals surface area contributed by atoms with E-state index in [-0.39, 0.29) is 6.04 Å². The van der Waals surface area contributed by atoms with Gasteiger partial charge in [-0.2, -0.15) is 13.2 Å². The molecule has 0 bridgehead atoms. The van der Waals surface area contributed by atoms with Crippen LogP contribution in [0.25, 0.3) is 0 Å². The molecule has 0 aliphatic carbocycles. The number of nitrogens with zero attached hydrogens (tertiary/aromatic N) is 1. The van der Waals surface area contributed by atoms with Gasteiger partial charge in [-0.1, -0.05) is 22.0 Å². The summed E-state index contributed by atoms with van der Waals surface area (Å²) in [6, 6.07) is 4.85. The van der Waals surface area contributed by atoms with Crippen LogP contribution in [0.1, 0.15) is 18.5 Å². The Labute approximate surface area is 107 Å². The molecule has 17 heavy (non-hydrogen) atoms. The second-order valence-corrected chi connectivity index (χ2v) is 4.82. The van der Waals surface area contributed by atoms with Crippen molar-refractivity contribution in [3.8, 4) is 0 Å². The molecule has 0 fully saturated rings. The first-order chi connectivity index (χ1) is 7.70. The lowest BCUT2D eigenvalue weighted by Crippen LogP contribution is -2.30. The van der Waals surface area contributed by atoms with E-state index in [1.165, 1.54) is 7.05 Å². The maximum atomic E-state index is 12.2. The molecule has 0 saturated carbocycles. The molecule has 1 atom stereocenters. The average Bonchev–Trinajstić information content (AvgIpc) is 2.14. The van der Waals surface area contributed by atoms with Gasteiger partial charge >= 0.3 is 6.18 Å². The summed E-state index contributed by atoms with van der Waals surface area (Å²) in [5.74, 6) is 0. The minimum atomic E-state index is -4.21. The number of halogens is 4. The second-order valence-electron chi connectivity index (χ2n) is 3.97. The predicted molar refractivity (Wildman–Crippen MR) is 66.1 cm³/mol. The Morgan fingerprint density at radius 3 is 2.41 bits per heavy atom. The Hall–Kier alpha value is -0.750. The molecule has 0 radical (unpaired) electrons. The molecule has 0 saturated heterocycles. The van der Waals surface area contributed by atoms with Crippen LogP contribution in [-0.2, 0) is 0 Å². The molecule has 2 N–H and O–H groups in total. The van der Waals surface area contributed by atoms with Crippen molar-refractivity contribution < 1.29 is 13.2 Å². The predicted octanol–water partition coefficient (Wildman–Crippen LogP) is 3.47. The smallest absolute Gasteiger partial charge is 0.366 e. The molecule has 2 nitrogen and oxygen atoms in total. The molecule has 96 valence electrons. The van der Waals surface area contributed by atoms with Gasteiger partial charge in [0.15, 0.2) is 0 Å². The van der Waals surface area contributed by atoms with Crippen molar-refractivity contribution in [3.05, 3.63) is 28.2 Å². The highest BCUT2D eigenvalue weighted by atomic mass is 79.9. The zero-order valence-electron chi connectivity index (χ0n) is 9.55. The molecule has 1 aromatic carbocycles. The minimum Gasteiger partial charge on any atom is -0.366 e. The van der Waals surface area contributed by atoms with E-state index in [0.29, 0.717) is 5.69 Å². The first-order valence-electron chi connectivity index (χ1n) is 5.03. The van der Waals surface area contributed by atoms with Crippen molar-refractivity contribution in [1.29, 1.82) is 0 Å². The van der Waals surface area contributed by atoms with Gasteiger partial charge in [0.2, 0.25) is 0 Å². The molecule has 0 aliphatic heterocycles. The fraction of sp³-hybridized carbons (Fsp3) is 0.455. The second kappa shape index (κ2) is 5.27. The molecule has 1 unspecified atom stereocenters. The highest BCUT2D eigenvalue weighted by Gasteiger charge is 2.29. The third kappa shape index (κ3) is 4.20. The van der Waals surface area contributed by atoms with Crippen LogP contribution in [0, 0.1) is 0 Å². The Kier molecular flexibility index (Phi) is 4.43. The number of anilines is 1. The molecule has 0 spiro atoms. The lowest BCUT2D eigenvalue weighted by molar-refractivity contribution is -0.119. The van der Waals surface area contributed by atoms with Gasteiger partial charge in [-0.3, -0.25) is 0 Å². The van der Waals surface area contributed by atoms with Crippen LogP contribution in [0.3, 0.4) is 0 Å². The standard InChI is InChI=1S/C11H14BrF3N2/c1-7(16)9-4-3-8(5-10(9)12)17(2)6-11(13,14)15/h3-5,7H,6,16H2,1-2H3. The summed E-state index contributed by atoms with van der Waals surface area (Å²) < 4.78 is 37.4. The minimum absolute atomic E-state index is 0.161. The number of alkyl halides is 3. The van der Waals surface area contributed by atoms with Crippen molar-refractivity contribution >= 4 is 21.6 Å². The zero-order valence-corrected chi connectivity index (χ0v) is 11.1. The summed E-state index contributed by atoms with van der Waals surface area (Å²) >= 11 is 3.31. The van der Waals surface area contributed by atoms with Crippen molar-refractivity contribution in [2.75, 3.05) is 18.5 Å². The summed E-state index contributed by atoms with van der Waals surface area (Å²) in [5.41, 5.74) is 7.09. The van der Waals surface area contributed by atoms with E-state index in [9.17, 15) is 13.2 Å². The highest BCUT2D eigenvalue weighted by Crippen LogP contribution is 2.28. The first kappa shape index (κ1) is 14.3. The number of hydrogen-bond donors (Lipinski definition) is 1. The van der Waals surface area contributed by atoms with E-state index in [0.717, 1.165) is 14.9 Å². The van der Waals surface area contributed by atoms with Crippen LogP contribution in [0.2, 0.25) is 0 Å². The van der Waals surface area contributed by atoms with Crippen molar-refractivity contribution in [2.24, 2.45) is 5.73 Å². The maximum absolute atomic E-state index is 12.2. The van der Waals surface area contributed by atoms with E-state index in [1.54, 1.807) is 18.2 Å². The average molecular weight is 311 g/mol. The summed E-state index contributed by atoms with van der Waals surface area (Å²) in [4.78, 5) is 1.15. The lowest BCUT2D eigenvalue weighted by Gasteiger charge is -2.22. The Morgan fingerprint density at radius 2 is 2.00 bits per heavy atom. The monoisotopic (exact) mass is 310 g/mol. The van der Waals surface area contributed by atoms with Crippen LogP contribution in [0.5, 0.6) is 0 Å². The Morgan fingerprint density at radius 1 is 1.41 bits per heavy atom. The number of benzene rings is 1. The molecule has 0 heterocycles. The van der Waals surface area contributed by atoms with E-state index in [1.807, 2.05) is 6.92 Å². The van der Waals surface area contributed by atoms with E-state index in [2.05, 4.69) is 15.9 Å². The van der Waals surface area contributed by atoms with Gasteiger partial charge in [-0.15, -0.1) is 0 Å². The van der Waals surface area contributed by atoms with Gasteiger partial charge in [0, 0.05) is 23.2 Å².